The van der Waals surface area contributed by atoms with Crippen LogP contribution in [0.15, 0.2) is 53.4 Å². The lowest BCUT2D eigenvalue weighted by molar-refractivity contribution is 0.102. The van der Waals surface area contributed by atoms with E-state index in [4.69, 9.17) is 0 Å². The molecule has 2 aromatic rings. The standard InChI is InChI=1S/C14H13NOS/c1-10-2-4-11(5-3-10)14(16)15-12-6-8-13(17)9-7-12/h2-9,17H,1H3,(H,15,16). The average molecular weight is 243 g/mol. The molecule has 0 aliphatic heterocycles. The number of carbonyl (C=O) groups excluding carboxylic acids is 1. The van der Waals surface area contributed by atoms with Crippen molar-refractivity contribution in [2.75, 3.05) is 5.32 Å². The second-order valence-corrected chi connectivity index (χ2v) is 4.38. The lowest BCUT2D eigenvalue weighted by atomic mass is 10.1. The van der Waals surface area contributed by atoms with Crippen molar-refractivity contribution in [3.05, 3.63) is 59.7 Å². The van der Waals surface area contributed by atoms with Crippen molar-refractivity contribution in [1.29, 1.82) is 0 Å². The predicted octanol–water partition coefficient (Wildman–Crippen LogP) is 3.54. The highest BCUT2D eigenvalue weighted by atomic mass is 32.1. The maximum atomic E-state index is 11.9. The first kappa shape index (κ1) is 11.7. The van der Waals surface area contributed by atoms with Gasteiger partial charge in [-0.1, -0.05) is 17.7 Å². The van der Waals surface area contributed by atoms with Gasteiger partial charge in [0, 0.05) is 16.1 Å². The van der Waals surface area contributed by atoms with Gasteiger partial charge in [0.1, 0.15) is 0 Å². The second kappa shape index (κ2) is 5.06. The molecule has 2 rings (SSSR count). The highest BCUT2D eigenvalue weighted by molar-refractivity contribution is 7.80. The Balaban J connectivity index is 2.11. The number of benzene rings is 2. The zero-order valence-corrected chi connectivity index (χ0v) is 10.4. The third-order valence-electron chi connectivity index (χ3n) is 2.44. The van der Waals surface area contributed by atoms with E-state index in [2.05, 4.69) is 17.9 Å². The number of hydrogen-bond donors (Lipinski definition) is 2. The summed E-state index contributed by atoms with van der Waals surface area (Å²) in [5.41, 5.74) is 2.57. The zero-order valence-electron chi connectivity index (χ0n) is 9.47. The molecule has 2 nitrogen and oxygen atoms in total. The highest BCUT2D eigenvalue weighted by Gasteiger charge is 2.04. The van der Waals surface area contributed by atoms with Crippen LogP contribution in [0.1, 0.15) is 15.9 Å². The smallest absolute Gasteiger partial charge is 0.255 e. The minimum Gasteiger partial charge on any atom is -0.322 e. The molecule has 0 heterocycles. The first-order valence-corrected chi connectivity index (χ1v) is 5.77. The summed E-state index contributed by atoms with van der Waals surface area (Å²) in [4.78, 5) is 12.8. The van der Waals surface area contributed by atoms with Gasteiger partial charge in [-0.15, -0.1) is 12.6 Å². The van der Waals surface area contributed by atoms with E-state index < -0.39 is 0 Å². The summed E-state index contributed by atoms with van der Waals surface area (Å²) in [6.07, 6.45) is 0. The molecule has 0 bridgehead atoms. The van der Waals surface area contributed by atoms with Gasteiger partial charge in [-0.25, -0.2) is 0 Å². The van der Waals surface area contributed by atoms with Gasteiger partial charge in [-0.2, -0.15) is 0 Å². The van der Waals surface area contributed by atoms with Crippen LogP contribution >= 0.6 is 12.6 Å². The predicted molar refractivity (Wildman–Crippen MR) is 72.8 cm³/mol. The van der Waals surface area contributed by atoms with E-state index in [1.54, 1.807) is 0 Å². The molecule has 3 heteroatoms. The molecule has 0 unspecified atom stereocenters. The fraction of sp³-hybridized carbons (Fsp3) is 0.0714. The molecule has 0 fully saturated rings. The third-order valence-corrected chi connectivity index (χ3v) is 2.74. The Labute approximate surface area is 106 Å². The molecular formula is C14H13NOS. The molecule has 17 heavy (non-hydrogen) atoms. The van der Waals surface area contributed by atoms with Crippen molar-refractivity contribution in [3.8, 4) is 0 Å². The van der Waals surface area contributed by atoms with Crippen LogP contribution in [0.3, 0.4) is 0 Å². The Hall–Kier alpha value is -1.74. The van der Waals surface area contributed by atoms with Crippen LogP contribution in [0.4, 0.5) is 5.69 Å². The van der Waals surface area contributed by atoms with E-state index in [-0.39, 0.29) is 5.91 Å². The van der Waals surface area contributed by atoms with Gasteiger partial charge in [0.15, 0.2) is 0 Å². The van der Waals surface area contributed by atoms with Crippen molar-refractivity contribution < 1.29 is 4.79 Å². The fourth-order valence-electron chi connectivity index (χ4n) is 1.45. The van der Waals surface area contributed by atoms with Gasteiger partial charge in [-0.3, -0.25) is 4.79 Å². The summed E-state index contributed by atoms with van der Waals surface area (Å²) < 4.78 is 0. The SMILES string of the molecule is Cc1ccc(C(=O)Nc2ccc(S)cc2)cc1. The number of aryl methyl sites for hydroxylation is 1. The molecule has 1 amide bonds. The Kier molecular flexibility index (Phi) is 3.49. The normalized spacial score (nSPS) is 10.0. The van der Waals surface area contributed by atoms with E-state index in [1.807, 2.05) is 55.5 Å². The molecule has 0 saturated carbocycles. The van der Waals surface area contributed by atoms with E-state index in [9.17, 15) is 4.79 Å². The largest absolute Gasteiger partial charge is 0.322 e. The van der Waals surface area contributed by atoms with Gasteiger partial charge < -0.3 is 5.32 Å². The monoisotopic (exact) mass is 243 g/mol. The van der Waals surface area contributed by atoms with Crippen molar-refractivity contribution in [3.63, 3.8) is 0 Å². The number of nitrogens with one attached hydrogen (secondary N) is 1. The van der Waals surface area contributed by atoms with Crippen molar-refractivity contribution in [2.24, 2.45) is 0 Å². The van der Waals surface area contributed by atoms with Gasteiger partial charge in [0.05, 0.1) is 0 Å². The minimum atomic E-state index is -0.100. The molecular weight excluding hydrogens is 230 g/mol. The number of amides is 1. The molecule has 2 aromatic carbocycles. The molecule has 0 radical (unpaired) electrons. The van der Waals surface area contributed by atoms with Crippen LogP contribution < -0.4 is 5.32 Å². The van der Waals surface area contributed by atoms with Crippen LogP contribution in [0, 0.1) is 6.92 Å². The molecule has 1 N–H and O–H groups in total. The summed E-state index contributed by atoms with van der Waals surface area (Å²) >= 11 is 4.19. The quantitative estimate of drug-likeness (QED) is 0.776. The maximum Gasteiger partial charge on any atom is 0.255 e. The molecule has 0 atom stereocenters. The van der Waals surface area contributed by atoms with E-state index in [0.717, 1.165) is 16.1 Å². The van der Waals surface area contributed by atoms with Gasteiger partial charge in [0.2, 0.25) is 0 Å². The van der Waals surface area contributed by atoms with Gasteiger partial charge >= 0.3 is 0 Å². The number of rotatable bonds is 2. The molecule has 86 valence electrons. The number of anilines is 1. The summed E-state index contributed by atoms with van der Waals surface area (Å²) in [5, 5.41) is 2.83. The van der Waals surface area contributed by atoms with Crippen LogP contribution in [0.25, 0.3) is 0 Å². The zero-order chi connectivity index (χ0) is 12.3. The van der Waals surface area contributed by atoms with Crippen molar-refractivity contribution in [2.45, 2.75) is 11.8 Å². The summed E-state index contributed by atoms with van der Waals surface area (Å²) in [7, 11) is 0. The summed E-state index contributed by atoms with van der Waals surface area (Å²) in [6.45, 7) is 1.99. The topological polar surface area (TPSA) is 29.1 Å². The minimum absolute atomic E-state index is 0.100. The Morgan fingerprint density at radius 2 is 1.59 bits per heavy atom. The lowest BCUT2D eigenvalue weighted by Gasteiger charge is -2.05. The summed E-state index contributed by atoms with van der Waals surface area (Å²) in [5.74, 6) is -0.100. The van der Waals surface area contributed by atoms with Crippen molar-refractivity contribution in [1.82, 2.24) is 0 Å². The van der Waals surface area contributed by atoms with Crippen molar-refractivity contribution >= 4 is 24.2 Å². The first-order chi connectivity index (χ1) is 8.15. The molecule has 0 aliphatic rings. The number of hydrogen-bond acceptors (Lipinski definition) is 2. The molecule has 0 aromatic heterocycles. The van der Waals surface area contributed by atoms with Crippen LogP contribution in [-0.2, 0) is 0 Å². The van der Waals surface area contributed by atoms with Crippen LogP contribution in [0.5, 0.6) is 0 Å². The molecule has 0 saturated heterocycles. The molecule has 0 aliphatic carbocycles. The lowest BCUT2D eigenvalue weighted by Crippen LogP contribution is -2.11. The maximum absolute atomic E-state index is 11.9. The van der Waals surface area contributed by atoms with Gasteiger partial charge in [0.25, 0.3) is 5.91 Å². The highest BCUT2D eigenvalue weighted by Crippen LogP contribution is 2.13. The Morgan fingerprint density at radius 3 is 2.18 bits per heavy atom. The number of carbonyl (C=O) groups is 1. The van der Waals surface area contributed by atoms with Gasteiger partial charge in [-0.05, 0) is 43.3 Å². The Bertz CT molecular complexity index is 517. The van der Waals surface area contributed by atoms with E-state index in [1.165, 1.54) is 0 Å². The van der Waals surface area contributed by atoms with Crippen LogP contribution in [0.2, 0.25) is 0 Å². The average Bonchev–Trinajstić information content (AvgIpc) is 2.33. The third kappa shape index (κ3) is 3.11. The summed E-state index contributed by atoms with van der Waals surface area (Å²) in [6, 6.07) is 14.8. The fourth-order valence-corrected chi connectivity index (χ4v) is 1.60. The molecule has 0 spiro atoms. The van der Waals surface area contributed by atoms with E-state index in [0.29, 0.717) is 5.56 Å². The Morgan fingerprint density at radius 1 is 1.00 bits per heavy atom. The second-order valence-electron chi connectivity index (χ2n) is 3.87. The number of thiol groups is 1. The van der Waals surface area contributed by atoms with Crippen LogP contribution in [-0.4, -0.2) is 5.91 Å². The first-order valence-electron chi connectivity index (χ1n) is 5.32. The van der Waals surface area contributed by atoms with E-state index >= 15 is 0 Å².